The Hall–Kier alpha value is -2.23. The number of rotatable bonds is 3. The van der Waals surface area contributed by atoms with Crippen LogP contribution in [0, 0.1) is 32.4 Å². The minimum atomic E-state index is -0.860. The molecular formula is C18H19F2NO. The first-order chi connectivity index (χ1) is 10.3. The molecule has 1 N–H and O–H groups in total. The zero-order valence-corrected chi connectivity index (χ0v) is 13.1. The second-order valence-electron chi connectivity index (χ2n) is 5.61. The molecule has 0 saturated carbocycles. The number of amides is 1. The van der Waals surface area contributed by atoms with Gasteiger partial charge in [-0.1, -0.05) is 12.1 Å². The smallest absolute Gasteiger partial charge is 0.254 e. The van der Waals surface area contributed by atoms with E-state index in [2.05, 4.69) is 11.4 Å². The lowest BCUT2D eigenvalue weighted by Gasteiger charge is -2.18. The third kappa shape index (κ3) is 3.32. The number of benzene rings is 2. The van der Waals surface area contributed by atoms with Crippen molar-refractivity contribution in [3.8, 4) is 0 Å². The van der Waals surface area contributed by atoms with E-state index >= 15 is 0 Å². The number of hydrogen-bond donors (Lipinski definition) is 1. The molecule has 4 heteroatoms. The molecule has 1 atom stereocenters. The van der Waals surface area contributed by atoms with E-state index in [0.717, 1.165) is 28.8 Å². The Morgan fingerprint density at radius 3 is 2.27 bits per heavy atom. The molecule has 2 aromatic rings. The van der Waals surface area contributed by atoms with Crippen molar-refractivity contribution in [1.29, 1.82) is 0 Å². The van der Waals surface area contributed by atoms with Gasteiger partial charge in [0.2, 0.25) is 0 Å². The summed E-state index contributed by atoms with van der Waals surface area (Å²) in [7, 11) is 0. The fourth-order valence-electron chi connectivity index (χ4n) is 2.48. The normalized spacial score (nSPS) is 12.1. The Balaban J connectivity index is 2.23. The molecule has 116 valence electrons. The van der Waals surface area contributed by atoms with Gasteiger partial charge in [0.1, 0.15) is 11.6 Å². The van der Waals surface area contributed by atoms with E-state index in [4.69, 9.17) is 0 Å². The molecule has 2 rings (SSSR count). The first kappa shape index (κ1) is 16.1. The first-order valence-electron chi connectivity index (χ1n) is 7.13. The van der Waals surface area contributed by atoms with Crippen LogP contribution < -0.4 is 5.32 Å². The van der Waals surface area contributed by atoms with Crippen molar-refractivity contribution < 1.29 is 13.6 Å². The lowest BCUT2D eigenvalue weighted by atomic mass is 9.96. The third-order valence-electron chi connectivity index (χ3n) is 3.87. The molecule has 0 unspecified atom stereocenters. The molecule has 2 aromatic carbocycles. The lowest BCUT2D eigenvalue weighted by molar-refractivity contribution is 0.0935. The van der Waals surface area contributed by atoms with Crippen LogP contribution in [0.2, 0.25) is 0 Å². The number of nitrogens with one attached hydrogen (secondary N) is 1. The Kier molecular flexibility index (Phi) is 4.59. The first-order valence-corrected chi connectivity index (χ1v) is 7.13. The van der Waals surface area contributed by atoms with Gasteiger partial charge >= 0.3 is 0 Å². The van der Waals surface area contributed by atoms with Crippen molar-refractivity contribution >= 4 is 5.91 Å². The lowest BCUT2D eigenvalue weighted by Crippen LogP contribution is -2.28. The fourth-order valence-corrected chi connectivity index (χ4v) is 2.48. The molecule has 0 fully saturated rings. The van der Waals surface area contributed by atoms with Gasteiger partial charge in [-0.15, -0.1) is 0 Å². The van der Waals surface area contributed by atoms with E-state index in [9.17, 15) is 13.6 Å². The molecular weight excluding hydrogens is 284 g/mol. The van der Waals surface area contributed by atoms with Gasteiger partial charge in [0.25, 0.3) is 5.91 Å². The SMILES string of the molecule is Cc1cc(C)c([C@@H](C)NC(=O)c2ccc(F)cc2F)cc1C. The quantitative estimate of drug-likeness (QED) is 0.895. The monoisotopic (exact) mass is 303 g/mol. The molecule has 0 saturated heterocycles. The summed E-state index contributed by atoms with van der Waals surface area (Å²) in [5.74, 6) is -2.11. The van der Waals surface area contributed by atoms with Crippen molar-refractivity contribution in [2.24, 2.45) is 0 Å². The van der Waals surface area contributed by atoms with Crippen molar-refractivity contribution in [3.05, 3.63) is 69.8 Å². The third-order valence-corrected chi connectivity index (χ3v) is 3.87. The number of halogens is 2. The van der Waals surface area contributed by atoms with Crippen molar-refractivity contribution in [2.45, 2.75) is 33.7 Å². The van der Waals surface area contributed by atoms with Gasteiger partial charge in [-0.05, 0) is 62.1 Å². The van der Waals surface area contributed by atoms with E-state index in [1.807, 2.05) is 33.8 Å². The standard InChI is InChI=1S/C18H19F2NO/c1-10-7-12(3)16(8-11(10)2)13(4)21-18(22)15-6-5-14(19)9-17(15)20/h5-9,13H,1-4H3,(H,21,22)/t13-/m1/s1. The minimum absolute atomic E-state index is 0.158. The van der Waals surface area contributed by atoms with Crippen LogP contribution in [-0.4, -0.2) is 5.91 Å². The molecule has 2 nitrogen and oxygen atoms in total. The summed E-state index contributed by atoms with van der Waals surface area (Å²) in [5, 5.41) is 2.76. The molecule has 0 aliphatic carbocycles. The Morgan fingerprint density at radius 2 is 1.64 bits per heavy atom. The maximum absolute atomic E-state index is 13.6. The molecule has 0 spiro atoms. The van der Waals surface area contributed by atoms with Crippen LogP contribution in [0.25, 0.3) is 0 Å². The fraction of sp³-hybridized carbons (Fsp3) is 0.278. The molecule has 0 aliphatic rings. The Bertz CT molecular complexity index is 725. The summed E-state index contributed by atoms with van der Waals surface area (Å²) in [5.41, 5.74) is 4.21. The van der Waals surface area contributed by atoms with E-state index < -0.39 is 17.5 Å². The zero-order chi connectivity index (χ0) is 16.4. The average molecular weight is 303 g/mol. The van der Waals surface area contributed by atoms with Crippen LogP contribution in [0.3, 0.4) is 0 Å². The average Bonchev–Trinajstić information content (AvgIpc) is 2.42. The van der Waals surface area contributed by atoms with Crippen molar-refractivity contribution in [2.75, 3.05) is 0 Å². The Labute approximate surface area is 129 Å². The van der Waals surface area contributed by atoms with E-state index in [0.29, 0.717) is 6.07 Å². The van der Waals surface area contributed by atoms with Crippen LogP contribution in [0.1, 0.15) is 45.6 Å². The van der Waals surface area contributed by atoms with Crippen LogP contribution in [-0.2, 0) is 0 Å². The van der Waals surface area contributed by atoms with Gasteiger partial charge in [-0.3, -0.25) is 4.79 Å². The van der Waals surface area contributed by atoms with Crippen LogP contribution in [0.4, 0.5) is 8.78 Å². The molecule has 0 heterocycles. The summed E-state index contributed by atoms with van der Waals surface area (Å²) >= 11 is 0. The van der Waals surface area contributed by atoms with Crippen molar-refractivity contribution in [1.82, 2.24) is 5.32 Å². The van der Waals surface area contributed by atoms with Gasteiger partial charge in [0.15, 0.2) is 0 Å². The molecule has 22 heavy (non-hydrogen) atoms. The minimum Gasteiger partial charge on any atom is -0.345 e. The van der Waals surface area contributed by atoms with Crippen LogP contribution in [0.15, 0.2) is 30.3 Å². The van der Waals surface area contributed by atoms with Crippen molar-refractivity contribution in [3.63, 3.8) is 0 Å². The Morgan fingerprint density at radius 1 is 1.00 bits per heavy atom. The van der Waals surface area contributed by atoms with Gasteiger partial charge < -0.3 is 5.32 Å². The molecule has 0 aromatic heterocycles. The predicted molar refractivity (Wildman–Crippen MR) is 82.9 cm³/mol. The highest BCUT2D eigenvalue weighted by molar-refractivity contribution is 5.94. The van der Waals surface area contributed by atoms with Crippen LogP contribution in [0.5, 0.6) is 0 Å². The van der Waals surface area contributed by atoms with E-state index in [-0.39, 0.29) is 11.6 Å². The highest BCUT2D eigenvalue weighted by atomic mass is 19.1. The summed E-state index contributed by atoms with van der Waals surface area (Å²) < 4.78 is 26.6. The topological polar surface area (TPSA) is 29.1 Å². The number of carbonyl (C=O) groups is 1. The number of carbonyl (C=O) groups excluding carboxylic acids is 1. The molecule has 0 bridgehead atoms. The van der Waals surface area contributed by atoms with Gasteiger partial charge in [0.05, 0.1) is 11.6 Å². The highest BCUT2D eigenvalue weighted by Gasteiger charge is 2.17. The largest absolute Gasteiger partial charge is 0.345 e. The van der Waals surface area contributed by atoms with Gasteiger partial charge in [-0.2, -0.15) is 0 Å². The number of aryl methyl sites for hydroxylation is 3. The van der Waals surface area contributed by atoms with E-state index in [1.165, 1.54) is 5.56 Å². The summed E-state index contributed by atoms with van der Waals surface area (Å²) in [6.45, 7) is 7.86. The predicted octanol–water partition coefficient (Wildman–Crippen LogP) is 4.38. The number of hydrogen-bond acceptors (Lipinski definition) is 1. The van der Waals surface area contributed by atoms with Gasteiger partial charge in [-0.25, -0.2) is 8.78 Å². The van der Waals surface area contributed by atoms with Crippen LogP contribution >= 0.6 is 0 Å². The maximum atomic E-state index is 13.6. The second kappa shape index (κ2) is 6.26. The molecule has 1 amide bonds. The van der Waals surface area contributed by atoms with Gasteiger partial charge in [0, 0.05) is 6.07 Å². The zero-order valence-electron chi connectivity index (χ0n) is 13.1. The molecule has 0 aliphatic heterocycles. The summed E-state index contributed by atoms with van der Waals surface area (Å²) in [4.78, 5) is 12.2. The summed E-state index contributed by atoms with van der Waals surface area (Å²) in [6.07, 6.45) is 0. The van der Waals surface area contributed by atoms with E-state index in [1.54, 1.807) is 0 Å². The maximum Gasteiger partial charge on any atom is 0.254 e. The molecule has 0 radical (unpaired) electrons. The highest BCUT2D eigenvalue weighted by Crippen LogP contribution is 2.22. The second-order valence-corrected chi connectivity index (χ2v) is 5.61. The summed E-state index contributed by atoms with van der Waals surface area (Å²) in [6, 6.07) is 6.75.